The molecular formula is C34H44N2O5. The predicted molar refractivity (Wildman–Crippen MR) is 163 cm³/mol. The van der Waals surface area contributed by atoms with E-state index in [2.05, 4.69) is 10.3 Å². The largest absolute Gasteiger partial charge is 0.507 e. The number of nitrogens with zero attached hydrogens (tertiary/aromatic N) is 1. The Morgan fingerprint density at radius 2 is 1.61 bits per heavy atom. The van der Waals surface area contributed by atoms with Crippen molar-refractivity contribution in [1.29, 1.82) is 0 Å². The number of aromatic nitrogens is 1. The zero-order valence-corrected chi connectivity index (χ0v) is 26.1. The third kappa shape index (κ3) is 5.99. The van der Waals surface area contributed by atoms with Crippen molar-refractivity contribution >= 4 is 11.6 Å². The average Bonchev–Trinajstić information content (AvgIpc) is 2.89. The Bertz CT molecular complexity index is 1460. The number of hydrogen-bond donors (Lipinski definition) is 3. The van der Waals surface area contributed by atoms with Gasteiger partial charge in [-0.2, -0.15) is 0 Å². The molecule has 0 radical (unpaired) electrons. The van der Waals surface area contributed by atoms with Crippen LogP contribution in [0.3, 0.4) is 0 Å². The summed E-state index contributed by atoms with van der Waals surface area (Å²) >= 11 is 0. The van der Waals surface area contributed by atoms with Crippen LogP contribution in [0, 0.1) is 20.8 Å². The maximum Gasteiger partial charge on any atom is 0.255 e. The molecule has 0 fully saturated rings. The van der Waals surface area contributed by atoms with Crippen LogP contribution in [0.15, 0.2) is 30.5 Å². The standard InChI is InChI=1S/C34H44N2O5/c1-19-20(2)29-23(21(3)27(19)37)13-14-34(10,41-29)18-40-31-26(12-11-15-35-31)36-30(39)22-16-24(32(4,5)6)28(38)25(17-22)33(7,8)9/h11-12,15-17,37-38H,13-14,18H2,1-10H3,(H,36,39). The summed E-state index contributed by atoms with van der Waals surface area (Å²) in [4.78, 5) is 18.0. The first-order chi connectivity index (χ1) is 18.9. The number of pyridine rings is 1. The van der Waals surface area contributed by atoms with Crippen molar-refractivity contribution in [3.8, 4) is 23.1 Å². The molecule has 7 nitrogen and oxygen atoms in total. The summed E-state index contributed by atoms with van der Waals surface area (Å²) in [5, 5.41) is 24.5. The molecule has 1 aromatic heterocycles. The Morgan fingerprint density at radius 3 is 2.20 bits per heavy atom. The van der Waals surface area contributed by atoms with Gasteiger partial charge in [-0.1, -0.05) is 41.5 Å². The van der Waals surface area contributed by atoms with Gasteiger partial charge in [0.25, 0.3) is 5.91 Å². The molecule has 0 bridgehead atoms. The van der Waals surface area contributed by atoms with Crippen LogP contribution in [0.1, 0.15) is 98.6 Å². The van der Waals surface area contributed by atoms with Crippen molar-refractivity contribution in [3.63, 3.8) is 0 Å². The van der Waals surface area contributed by atoms with E-state index in [4.69, 9.17) is 9.47 Å². The summed E-state index contributed by atoms with van der Waals surface area (Å²) in [6.07, 6.45) is 3.09. The fraction of sp³-hybridized carbons (Fsp3) is 0.471. The number of anilines is 1. The smallest absolute Gasteiger partial charge is 0.255 e. The van der Waals surface area contributed by atoms with E-state index in [1.54, 1.807) is 30.5 Å². The topological polar surface area (TPSA) is 101 Å². The summed E-state index contributed by atoms with van der Waals surface area (Å²) in [5.41, 5.74) is 4.65. The number of rotatable bonds is 5. The Morgan fingerprint density at radius 1 is 1.00 bits per heavy atom. The molecule has 220 valence electrons. The number of ether oxygens (including phenoxy) is 2. The molecular weight excluding hydrogens is 516 g/mol. The number of carbonyl (C=O) groups is 1. The lowest BCUT2D eigenvalue weighted by Gasteiger charge is -2.37. The Hall–Kier alpha value is -3.74. The van der Waals surface area contributed by atoms with Gasteiger partial charge in [-0.3, -0.25) is 4.79 Å². The molecule has 4 rings (SSSR count). The van der Waals surface area contributed by atoms with Crippen molar-refractivity contribution < 1.29 is 24.5 Å². The predicted octanol–water partition coefficient (Wildman–Crippen LogP) is 7.43. The lowest BCUT2D eigenvalue weighted by atomic mass is 9.78. The highest BCUT2D eigenvalue weighted by atomic mass is 16.5. The fourth-order valence-electron chi connectivity index (χ4n) is 5.32. The van der Waals surface area contributed by atoms with Gasteiger partial charge in [-0.05, 0) is 92.3 Å². The van der Waals surface area contributed by atoms with E-state index in [0.29, 0.717) is 29.3 Å². The van der Waals surface area contributed by atoms with Crippen molar-refractivity contribution in [3.05, 3.63) is 69.4 Å². The Balaban J connectivity index is 1.58. The summed E-state index contributed by atoms with van der Waals surface area (Å²) < 4.78 is 12.7. The van der Waals surface area contributed by atoms with Crippen molar-refractivity contribution in [2.45, 2.75) is 98.5 Å². The van der Waals surface area contributed by atoms with Gasteiger partial charge < -0.3 is 25.0 Å². The summed E-state index contributed by atoms with van der Waals surface area (Å²) in [5.74, 6) is 1.36. The molecule has 0 spiro atoms. The molecule has 0 aliphatic carbocycles. The van der Waals surface area contributed by atoms with Gasteiger partial charge in [0.1, 0.15) is 35.1 Å². The van der Waals surface area contributed by atoms with Crippen LogP contribution in [0.5, 0.6) is 23.1 Å². The number of amides is 1. The zero-order chi connectivity index (χ0) is 30.5. The van der Waals surface area contributed by atoms with Crippen LogP contribution in [-0.4, -0.2) is 33.3 Å². The second-order valence-corrected chi connectivity index (χ2v) is 13.6. The van der Waals surface area contributed by atoms with Crippen molar-refractivity contribution in [2.75, 3.05) is 11.9 Å². The van der Waals surface area contributed by atoms with Crippen molar-refractivity contribution in [1.82, 2.24) is 4.98 Å². The average molecular weight is 561 g/mol. The van der Waals surface area contributed by atoms with E-state index < -0.39 is 5.60 Å². The van der Waals surface area contributed by atoms with E-state index in [1.807, 2.05) is 69.2 Å². The molecule has 1 aliphatic heterocycles. The number of aromatic hydroxyl groups is 2. The maximum absolute atomic E-state index is 13.5. The molecule has 1 aliphatic rings. The number of benzene rings is 2. The van der Waals surface area contributed by atoms with Crippen LogP contribution >= 0.6 is 0 Å². The molecule has 0 saturated heterocycles. The van der Waals surface area contributed by atoms with Gasteiger partial charge in [0.15, 0.2) is 0 Å². The first-order valence-electron chi connectivity index (χ1n) is 14.2. The van der Waals surface area contributed by atoms with E-state index in [1.165, 1.54) is 0 Å². The molecule has 3 aromatic rings. The molecule has 1 amide bonds. The van der Waals surface area contributed by atoms with Gasteiger partial charge in [0, 0.05) is 28.5 Å². The Labute approximate surface area is 243 Å². The number of hydrogen-bond acceptors (Lipinski definition) is 6. The lowest BCUT2D eigenvalue weighted by Crippen LogP contribution is -2.42. The van der Waals surface area contributed by atoms with E-state index >= 15 is 0 Å². The zero-order valence-electron chi connectivity index (χ0n) is 26.1. The summed E-state index contributed by atoms with van der Waals surface area (Å²) in [6, 6.07) is 7.02. The molecule has 1 unspecified atom stereocenters. The third-order valence-corrected chi connectivity index (χ3v) is 8.11. The third-order valence-electron chi connectivity index (χ3n) is 8.11. The highest BCUT2D eigenvalue weighted by Crippen LogP contribution is 2.44. The number of carbonyl (C=O) groups excluding carboxylic acids is 1. The van der Waals surface area contributed by atoms with Crippen LogP contribution < -0.4 is 14.8 Å². The van der Waals surface area contributed by atoms with E-state index in [0.717, 1.165) is 45.6 Å². The molecule has 0 saturated carbocycles. The van der Waals surface area contributed by atoms with Gasteiger partial charge in [0.2, 0.25) is 5.88 Å². The first kappa shape index (κ1) is 30.2. The monoisotopic (exact) mass is 560 g/mol. The highest BCUT2D eigenvalue weighted by molar-refractivity contribution is 6.05. The Kier molecular flexibility index (Phi) is 7.80. The number of fused-ring (bicyclic) bond motifs is 1. The molecule has 2 aromatic carbocycles. The second-order valence-electron chi connectivity index (χ2n) is 13.6. The second kappa shape index (κ2) is 10.6. The minimum absolute atomic E-state index is 0.227. The van der Waals surface area contributed by atoms with Gasteiger partial charge in [0.05, 0.1) is 0 Å². The number of phenols is 2. The highest BCUT2D eigenvalue weighted by Gasteiger charge is 2.36. The SMILES string of the molecule is Cc1c(C)c2c(c(C)c1O)CCC(C)(COc1ncccc1NC(=O)c1cc(C(C)(C)C)c(O)c(C(C)(C)C)c1)O2. The van der Waals surface area contributed by atoms with E-state index in [-0.39, 0.29) is 29.1 Å². The normalized spacial score (nSPS) is 17.0. The van der Waals surface area contributed by atoms with Crippen LogP contribution in [0.4, 0.5) is 5.69 Å². The minimum Gasteiger partial charge on any atom is -0.507 e. The minimum atomic E-state index is -0.618. The number of phenolic OH excluding ortho intramolecular Hbond substituents is 2. The first-order valence-corrected chi connectivity index (χ1v) is 14.2. The number of nitrogens with one attached hydrogen (secondary N) is 1. The van der Waals surface area contributed by atoms with Gasteiger partial charge >= 0.3 is 0 Å². The van der Waals surface area contributed by atoms with E-state index in [9.17, 15) is 15.0 Å². The van der Waals surface area contributed by atoms with Gasteiger partial charge in [-0.25, -0.2) is 4.98 Å². The molecule has 1 atom stereocenters. The molecule has 41 heavy (non-hydrogen) atoms. The maximum atomic E-state index is 13.5. The summed E-state index contributed by atoms with van der Waals surface area (Å²) in [7, 11) is 0. The molecule has 2 heterocycles. The quantitative estimate of drug-likeness (QED) is 0.300. The van der Waals surface area contributed by atoms with Gasteiger partial charge in [-0.15, -0.1) is 0 Å². The lowest BCUT2D eigenvalue weighted by molar-refractivity contribution is 0.0154. The fourth-order valence-corrected chi connectivity index (χ4v) is 5.32. The summed E-state index contributed by atoms with van der Waals surface area (Å²) in [6.45, 7) is 20.1. The molecule has 7 heteroatoms. The van der Waals surface area contributed by atoms with Crippen LogP contribution in [-0.2, 0) is 17.3 Å². The molecule has 3 N–H and O–H groups in total. The van der Waals surface area contributed by atoms with Crippen molar-refractivity contribution in [2.24, 2.45) is 0 Å². The van der Waals surface area contributed by atoms with Crippen LogP contribution in [0.2, 0.25) is 0 Å². The van der Waals surface area contributed by atoms with Crippen LogP contribution in [0.25, 0.3) is 0 Å².